The van der Waals surface area contributed by atoms with Crippen LogP contribution < -0.4 is 4.74 Å². The summed E-state index contributed by atoms with van der Waals surface area (Å²) in [5, 5.41) is 0. The van der Waals surface area contributed by atoms with Gasteiger partial charge in [-0.25, -0.2) is 0 Å². The number of aliphatic imine (C=N–C) groups is 1. The molecule has 1 aliphatic heterocycles. The second-order valence-electron chi connectivity index (χ2n) is 3.28. The van der Waals surface area contributed by atoms with Gasteiger partial charge < -0.3 is 4.74 Å². The molecule has 0 bridgehead atoms. The SMILES string of the molecule is COc1ccc(/C=C2\C=NCC2)cc1. The number of nitrogens with zero attached hydrogens (tertiary/aromatic N) is 1. The molecule has 14 heavy (non-hydrogen) atoms. The number of ether oxygens (including phenoxy) is 1. The molecular weight excluding hydrogens is 174 g/mol. The monoisotopic (exact) mass is 187 g/mol. The van der Waals surface area contributed by atoms with Gasteiger partial charge in [0.2, 0.25) is 0 Å². The lowest BCUT2D eigenvalue weighted by Crippen LogP contribution is -1.83. The molecule has 2 rings (SSSR count). The van der Waals surface area contributed by atoms with Crippen LogP contribution in [-0.2, 0) is 0 Å². The Morgan fingerprint density at radius 3 is 2.64 bits per heavy atom. The molecule has 0 spiro atoms. The van der Waals surface area contributed by atoms with Crippen molar-refractivity contribution in [2.45, 2.75) is 6.42 Å². The van der Waals surface area contributed by atoms with Crippen LogP contribution in [0.2, 0.25) is 0 Å². The van der Waals surface area contributed by atoms with E-state index in [4.69, 9.17) is 4.74 Å². The highest BCUT2D eigenvalue weighted by Gasteiger charge is 2.00. The maximum atomic E-state index is 5.09. The molecule has 0 aromatic heterocycles. The van der Waals surface area contributed by atoms with Gasteiger partial charge in [0.1, 0.15) is 5.75 Å². The minimum Gasteiger partial charge on any atom is -0.497 e. The molecule has 1 heterocycles. The third kappa shape index (κ3) is 2.02. The summed E-state index contributed by atoms with van der Waals surface area (Å²) in [7, 11) is 1.68. The lowest BCUT2D eigenvalue weighted by molar-refractivity contribution is 0.415. The van der Waals surface area contributed by atoms with Crippen molar-refractivity contribution in [3.05, 3.63) is 35.4 Å². The molecule has 0 saturated heterocycles. The highest BCUT2D eigenvalue weighted by Crippen LogP contribution is 2.16. The van der Waals surface area contributed by atoms with Crippen LogP contribution in [0, 0.1) is 0 Å². The van der Waals surface area contributed by atoms with Crippen molar-refractivity contribution in [1.29, 1.82) is 0 Å². The average Bonchev–Trinajstić information content (AvgIpc) is 2.72. The lowest BCUT2D eigenvalue weighted by Gasteiger charge is -1.99. The largest absolute Gasteiger partial charge is 0.497 e. The van der Waals surface area contributed by atoms with E-state index < -0.39 is 0 Å². The fraction of sp³-hybridized carbons (Fsp3) is 0.250. The molecule has 1 aromatic rings. The zero-order chi connectivity index (χ0) is 9.80. The third-order valence-corrected chi connectivity index (χ3v) is 2.25. The van der Waals surface area contributed by atoms with Gasteiger partial charge in [-0.1, -0.05) is 18.2 Å². The first-order chi connectivity index (χ1) is 6.88. The van der Waals surface area contributed by atoms with Crippen molar-refractivity contribution in [3.63, 3.8) is 0 Å². The van der Waals surface area contributed by atoms with Crippen LogP contribution in [0.1, 0.15) is 12.0 Å². The first-order valence-corrected chi connectivity index (χ1v) is 4.73. The van der Waals surface area contributed by atoms with E-state index in [-0.39, 0.29) is 0 Å². The van der Waals surface area contributed by atoms with Gasteiger partial charge in [-0.2, -0.15) is 0 Å². The number of benzene rings is 1. The van der Waals surface area contributed by atoms with E-state index in [2.05, 4.69) is 23.2 Å². The molecule has 0 radical (unpaired) electrons. The molecule has 2 heteroatoms. The molecule has 0 atom stereocenters. The maximum absolute atomic E-state index is 5.09. The molecule has 1 aromatic carbocycles. The molecule has 0 aliphatic carbocycles. The molecule has 0 fully saturated rings. The minimum atomic E-state index is 0.896. The fourth-order valence-corrected chi connectivity index (χ4v) is 1.46. The predicted molar refractivity (Wildman–Crippen MR) is 58.9 cm³/mol. The summed E-state index contributed by atoms with van der Waals surface area (Å²) in [5.41, 5.74) is 2.50. The fourth-order valence-electron chi connectivity index (χ4n) is 1.46. The van der Waals surface area contributed by atoms with Gasteiger partial charge in [-0.15, -0.1) is 0 Å². The van der Waals surface area contributed by atoms with Gasteiger partial charge >= 0.3 is 0 Å². The molecule has 0 amide bonds. The van der Waals surface area contributed by atoms with E-state index in [9.17, 15) is 0 Å². The molecular formula is C12H13NO. The van der Waals surface area contributed by atoms with Crippen LogP contribution in [0.4, 0.5) is 0 Å². The van der Waals surface area contributed by atoms with Crippen molar-refractivity contribution in [1.82, 2.24) is 0 Å². The van der Waals surface area contributed by atoms with Crippen molar-refractivity contribution >= 4 is 12.3 Å². The Bertz CT molecular complexity index is 362. The Hall–Kier alpha value is -1.57. The number of hydrogen-bond donors (Lipinski definition) is 0. The first kappa shape index (κ1) is 9.00. The van der Waals surface area contributed by atoms with E-state index in [0.717, 1.165) is 18.7 Å². The quantitative estimate of drug-likeness (QED) is 0.697. The normalized spacial score (nSPS) is 17.6. The van der Waals surface area contributed by atoms with Crippen LogP contribution in [0.5, 0.6) is 5.75 Å². The summed E-state index contributed by atoms with van der Waals surface area (Å²) in [4.78, 5) is 4.18. The van der Waals surface area contributed by atoms with Crippen LogP contribution in [-0.4, -0.2) is 19.9 Å². The van der Waals surface area contributed by atoms with E-state index in [1.807, 2.05) is 18.3 Å². The Labute approximate surface area is 83.9 Å². The Morgan fingerprint density at radius 2 is 2.07 bits per heavy atom. The molecule has 72 valence electrons. The van der Waals surface area contributed by atoms with Crippen molar-refractivity contribution in [2.75, 3.05) is 13.7 Å². The number of rotatable bonds is 2. The maximum Gasteiger partial charge on any atom is 0.118 e. The van der Waals surface area contributed by atoms with Crippen LogP contribution in [0.25, 0.3) is 6.08 Å². The predicted octanol–water partition coefficient (Wildman–Crippen LogP) is 2.55. The van der Waals surface area contributed by atoms with Gasteiger partial charge in [0.15, 0.2) is 0 Å². The van der Waals surface area contributed by atoms with Crippen LogP contribution >= 0.6 is 0 Å². The summed E-state index contributed by atoms with van der Waals surface area (Å²) >= 11 is 0. The molecule has 2 nitrogen and oxygen atoms in total. The minimum absolute atomic E-state index is 0.896. The average molecular weight is 187 g/mol. The van der Waals surface area contributed by atoms with E-state index in [0.29, 0.717) is 0 Å². The zero-order valence-corrected chi connectivity index (χ0v) is 8.23. The highest BCUT2D eigenvalue weighted by molar-refractivity contribution is 5.87. The summed E-state index contributed by atoms with van der Waals surface area (Å²) in [6, 6.07) is 8.05. The Balaban J connectivity index is 2.17. The van der Waals surface area contributed by atoms with Gasteiger partial charge in [0.05, 0.1) is 7.11 Å². The smallest absolute Gasteiger partial charge is 0.118 e. The summed E-state index contributed by atoms with van der Waals surface area (Å²) < 4.78 is 5.09. The number of hydrogen-bond acceptors (Lipinski definition) is 2. The van der Waals surface area contributed by atoms with E-state index >= 15 is 0 Å². The molecule has 0 N–H and O–H groups in total. The van der Waals surface area contributed by atoms with Crippen LogP contribution in [0.3, 0.4) is 0 Å². The van der Waals surface area contributed by atoms with Gasteiger partial charge in [0.25, 0.3) is 0 Å². The Kier molecular flexibility index (Phi) is 2.63. The molecule has 0 saturated carbocycles. The van der Waals surface area contributed by atoms with Crippen molar-refractivity contribution in [2.24, 2.45) is 4.99 Å². The van der Waals surface area contributed by atoms with Crippen LogP contribution in [0.15, 0.2) is 34.8 Å². The summed E-state index contributed by atoms with van der Waals surface area (Å²) in [5.74, 6) is 0.896. The van der Waals surface area contributed by atoms with E-state index in [1.165, 1.54) is 11.1 Å². The Morgan fingerprint density at radius 1 is 1.29 bits per heavy atom. The second kappa shape index (κ2) is 4.09. The van der Waals surface area contributed by atoms with Gasteiger partial charge in [-0.05, 0) is 29.7 Å². The van der Waals surface area contributed by atoms with Gasteiger partial charge in [0, 0.05) is 12.8 Å². The zero-order valence-electron chi connectivity index (χ0n) is 8.23. The number of methoxy groups -OCH3 is 1. The highest BCUT2D eigenvalue weighted by atomic mass is 16.5. The van der Waals surface area contributed by atoms with Crippen molar-refractivity contribution < 1.29 is 4.74 Å². The van der Waals surface area contributed by atoms with E-state index in [1.54, 1.807) is 7.11 Å². The third-order valence-electron chi connectivity index (χ3n) is 2.25. The van der Waals surface area contributed by atoms with Gasteiger partial charge in [-0.3, -0.25) is 4.99 Å². The van der Waals surface area contributed by atoms with Crippen molar-refractivity contribution in [3.8, 4) is 5.75 Å². The lowest BCUT2D eigenvalue weighted by atomic mass is 10.1. The molecule has 1 aliphatic rings. The topological polar surface area (TPSA) is 21.6 Å². The second-order valence-corrected chi connectivity index (χ2v) is 3.28. The standard InChI is InChI=1S/C12H13NO/c1-14-12-4-2-10(3-5-12)8-11-6-7-13-9-11/h2-5,8-9H,6-7H2,1H3/b11-8-. The summed E-state index contributed by atoms with van der Waals surface area (Å²) in [6.07, 6.45) is 5.17. The molecule has 0 unspecified atom stereocenters. The first-order valence-electron chi connectivity index (χ1n) is 4.73. The summed E-state index contributed by atoms with van der Waals surface area (Å²) in [6.45, 7) is 0.933.